The van der Waals surface area contributed by atoms with Crippen molar-refractivity contribution in [1.82, 2.24) is 5.32 Å². The van der Waals surface area contributed by atoms with Crippen LogP contribution in [0.1, 0.15) is 29.4 Å². The van der Waals surface area contributed by atoms with E-state index >= 15 is 0 Å². The summed E-state index contributed by atoms with van der Waals surface area (Å²) in [4.78, 5) is 12.8. The van der Waals surface area contributed by atoms with Crippen LogP contribution in [0.5, 0.6) is 0 Å². The molecule has 2 rings (SSSR count). The average molecular weight is 263 g/mol. The second kappa shape index (κ2) is 5.98. The van der Waals surface area contributed by atoms with Crippen LogP contribution in [-0.4, -0.2) is 23.7 Å². The van der Waals surface area contributed by atoms with E-state index in [0.29, 0.717) is 6.42 Å². The van der Waals surface area contributed by atoms with E-state index in [9.17, 15) is 4.79 Å². The molecule has 4 heteroatoms. The van der Waals surface area contributed by atoms with E-state index < -0.39 is 0 Å². The van der Waals surface area contributed by atoms with Gasteiger partial charge in [-0.2, -0.15) is 0 Å². The quantitative estimate of drug-likeness (QED) is 0.871. The number of nitrogens with one attached hydrogen (secondary N) is 1. The van der Waals surface area contributed by atoms with Gasteiger partial charge in [-0.15, -0.1) is 11.3 Å². The van der Waals surface area contributed by atoms with Crippen LogP contribution in [0.15, 0.2) is 30.3 Å². The first kappa shape index (κ1) is 13.1. The number of carbonyl (C=O) groups excluding carboxylic acids is 1. The van der Waals surface area contributed by atoms with Gasteiger partial charge in [-0.3, -0.25) is 4.79 Å². The van der Waals surface area contributed by atoms with Crippen LogP contribution in [0.4, 0.5) is 0 Å². The summed E-state index contributed by atoms with van der Waals surface area (Å²) in [5, 5.41) is 13.0. The maximum absolute atomic E-state index is 12.1. The molecule has 0 saturated heterocycles. The van der Waals surface area contributed by atoms with Gasteiger partial charge >= 0.3 is 0 Å². The monoisotopic (exact) mass is 263 g/mol. The summed E-state index contributed by atoms with van der Waals surface area (Å²) in [7, 11) is 0. The molecule has 0 spiro atoms. The third kappa shape index (κ3) is 2.89. The van der Waals surface area contributed by atoms with Gasteiger partial charge in [0.15, 0.2) is 0 Å². The van der Waals surface area contributed by atoms with Gasteiger partial charge in [0.2, 0.25) is 0 Å². The van der Waals surface area contributed by atoms with Gasteiger partial charge < -0.3 is 10.4 Å². The third-order valence-electron chi connectivity index (χ3n) is 2.95. The van der Waals surface area contributed by atoms with Crippen LogP contribution >= 0.6 is 11.3 Å². The lowest BCUT2D eigenvalue weighted by atomic mass is 10.1. The molecule has 1 atom stereocenters. The molecule has 0 aliphatic heterocycles. The van der Waals surface area contributed by atoms with E-state index in [4.69, 9.17) is 5.11 Å². The lowest BCUT2D eigenvalue weighted by Gasteiger charge is -2.14. The minimum atomic E-state index is -0.0449. The van der Waals surface area contributed by atoms with Crippen LogP contribution in [0.2, 0.25) is 0 Å². The normalized spacial score (nSPS) is 12.6. The van der Waals surface area contributed by atoms with Crippen molar-refractivity contribution in [1.29, 1.82) is 0 Å². The van der Waals surface area contributed by atoms with Gasteiger partial charge in [-0.05, 0) is 30.4 Å². The molecule has 1 aromatic carbocycles. The predicted molar refractivity (Wildman–Crippen MR) is 75.1 cm³/mol. The summed E-state index contributed by atoms with van der Waals surface area (Å²) in [5.74, 6) is -0.0449. The van der Waals surface area contributed by atoms with Gasteiger partial charge in [0.05, 0.1) is 4.88 Å². The van der Waals surface area contributed by atoms with Gasteiger partial charge in [-0.1, -0.05) is 25.1 Å². The predicted octanol–water partition coefficient (Wildman–Crippen LogP) is 2.79. The van der Waals surface area contributed by atoms with Crippen molar-refractivity contribution >= 4 is 27.3 Å². The van der Waals surface area contributed by atoms with E-state index in [0.717, 1.165) is 21.4 Å². The SMILES string of the molecule is CCC(CCO)NC(=O)c1cc2ccccc2s1. The highest BCUT2D eigenvalue weighted by molar-refractivity contribution is 7.20. The number of aliphatic hydroxyl groups is 1. The number of hydrogen-bond donors (Lipinski definition) is 2. The summed E-state index contributed by atoms with van der Waals surface area (Å²) in [5.41, 5.74) is 0. The smallest absolute Gasteiger partial charge is 0.261 e. The fourth-order valence-electron chi connectivity index (χ4n) is 1.88. The molecule has 1 heterocycles. The highest BCUT2D eigenvalue weighted by Gasteiger charge is 2.14. The molecular formula is C14H17NO2S. The fourth-order valence-corrected chi connectivity index (χ4v) is 2.85. The number of hydrogen-bond acceptors (Lipinski definition) is 3. The number of aliphatic hydroxyl groups excluding tert-OH is 1. The van der Waals surface area contributed by atoms with E-state index in [-0.39, 0.29) is 18.6 Å². The van der Waals surface area contributed by atoms with Gasteiger partial charge in [-0.25, -0.2) is 0 Å². The van der Waals surface area contributed by atoms with Gasteiger partial charge in [0.1, 0.15) is 0 Å². The average Bonchev–Trinajstić information content (AvgIpc) is 2.82. The highest BCUT2D eigenvalue weighted by atomic mass is 32.1. The summed E-state index contributed by atoms with van der Waals surface area (Å²) >= 11 is 1.50. The Bertz CT molecular complexity index is 502. The molecular weight excluding hydrogens is 246 g/mol. The first-order chi connectivity index (χ1) is 8.74. The van der Waals surface area contributed by atoms with Crippen LogP contribution in [-0.2, 0) is 0 Å². The largest absolute Gasteiger partial charge is 0.396 e. The molecule has 1 unspecified atom stereocenters. The van der Waals surface area contributed by atoms with E-state index in [1.54, 1.807) is 0 Å². The lowest BCUT2D eigenvalue weighted by Crippen LogP contribution is -2.34. The van der Waals surface area contributed by atoms with E-state index in [1.165, 1.54) is 11.3 Å². The van der Waals surface area contributed by atoms with Crippen LogP contribution in [0, 0.1) is 0 Å². The molecule has 3 nitrogen and oxygen atoms in total. The summed E-state index contributed by atoms with van der Waals surface area (Å²) in [6, 6.07) is 9.93. The number of thiophene rings is 1. The van der Waals surface area contributed by atoms with Crippen molar-refractivity contribution in [2.24, 2.45) is 0 Å². The second-order valence-corrected chi connectivity index (χ2v) is 5.32. The molecule has 2 aromatic rings. The zero-order valence-electron chi connectivity index (χ0n) is 10.3. The fraction of sp³-hybridized carbons (Fsp3) is 0.357. The maximum Gasteiger partial charge on any atom is 0.261 e. The standard InChI is InChI=1S/C14H17NO2S/c1-2-11(7-8-16)15-14(17)13-9-10-5-3-4-6-12(10)18-13/h3-6,9,11,16H,2,7-8H2,1H3,(H,15,17). The molecule has 1 amide bonds. The van der Waals surface area contributed by atoms with E-state index in [1.807, 2.05) is 37.3 Å². The van der Waals surface area contributed by atoms with Crippen molar-refractivity contribution in [2.75, 3.05) is 6.61 Å². The van der Waals surface area contributed by atoms with Crippen LogP contribution in [0.25, 0.3) is 10.1 Å². The number of amides is 1. The summed E-state index contributed by atoms with van der Waals surface area (Å²) in [6.07, 6.45) is 1.43. The topological polar surface area (TPSA) is 49.3 Å². The molecule has 18 heavy (non-hydrogen) atoms. The molecule has 0 radical (unpaired) electrons. The second-order valence-electron chi connectivity index (χ2n) is 4.24. The Hall–Kier alpha value is -1.39. The zero-order valence-corrected chi connectivity index (χ0v) is 11.2. The Morgan fingerprint density at radius 1 is 1.44 bits per heavy atom. The molecule has 0 aliphatic rings. The third-order valence-corrected chi connectivity index (χ3v) is 4.07. The number of benzene rings is 1. The number of carbonyl (C=O) groups is 1. The summed E-state index contributed by atoms with van der Waals surface area (Å²) in [6.45, 7) is 2.11. The van der Waals surface area contributed by atoms with Crippen molar-refractivity contribution in [3.63, 3.8) is 0 Å². The first-order valence-electron chi connectivity index (χ1n) is 6.15. The number of fused-ring (bicyclic) bond motifs is 1. The molecule has 1 aromatic heterocycles. The zero-order chi connectivity index (χ0) is 13.0. The molecule has 0 saturated carbocycles. The molecule has 0 aliphatic carbocycles. The van der Waals surface area contributed by atoms with Crippen LogP contribution < -0.4 is 5.32 Å². The van der Waals surface area contributed by atoms with Crippen molar-refractivity contribution in [3.8, 4) is 0 Å². The lowest BCUT2D eigenvalue weighted by molar-refractivity contribution is 0.0933. The first-order valence-corrected chi connectivity index (χ1v) is 6.96. The molecule has 96 valence electrons. The van der Waals surface area contributed by atoms with Crippen molar-refractivity contribution < 1.29 is 9.90 Å². The van der Waals surface area contributed by atoms with Crippen molar-refractivity contribution in [3.05, 3.63) is 35.2 Å². The minimum Gasteiger partial charge on any atom is -0.396 e. The Labute approximate surface area is 110 Å². The maximum atomic E-state index is 12.1. The Kier molecular flexibility index (Phi) is 4.33. The van der Waals surface area contributed by atoms with Gasteiger partial charge in [0.25, 0.3) is 5.91 Å². The highest BCUT2D eigenvalue weighted by Crippen LogP contribution is 2.25. The van der Waals surface area contributed by atoms with Crippen molar-refractivity contribution in [2.45, 2.75) is 25.8 Å². The molecule has 0 bridgehead atoms. The Morgan fingerprint density at radius 2 is 2.22 bits per heavy atom. The minimum absolute atomic E-state index is 0.0449. The summed E-state index contributed by atoms with van der Waals surface area (Å²) < 4.78 is 1.12. The Morgan fingerprint density at radius 3 is 2.89 bits per heavy atom. The molecule has 2 N–H and O–H groups in total. The van der Waals surface area contributed by atoms with Gasteiger partial charge in [0, 0.05) is 17.3 Å². The Balaban J connectivity index is 2.13. The number of rotatable bonds is 5. The van der Waals surface area contributed by atoms with E-state index in [2.05, 4.69) is 5.32 Å². The van der Waals surface area contributed by atoms with Crippen LogP contribution in [0.3, 0.4) is 0 Å². The molecule has 0 fully saturated rings.